The molecule has 0 aliphatic rings. The van der Waals surface area contributed by atoms with E-state index in [1.54, 1.807) is 16.4 Å². The molecule has 8 heteroatoms. The number of carbonyl (C=O) groups is 1. The summed E-state index contributed by atoms with van der Waals surface area (Å²) in [6.45, 7) is 0.516. The Labute approximate surface area is 108 Å². The van der Waals surface area contributed by atoms with Crippen LogP contribution in [0.5, 0.6) is 0 Å². The molecule has 0 unspecified atom stereocenters. The summed E-state index contributed by atoms with van der Waals surface area (Å²) in [4.78, 5) is 19.7. The van der Waals surface area contributed by atoms with E-state index in [0.29, 0.717) is 23.8 Å². The first-order valence-electron chi connectivity index (χ1n) is 5.44. The van der Waals surface area contributed by atoms with Crippen LogP contribution in [-0.2, 0) is 24.7 Å². The molecule has 1 amide bonds. The molecule has 0 atom stereocenters. The molecule has 96 valence electrons. The minimum Gasteiger partial charge on any atom is -0.375 e. The second kappa shape index (κ2) is 5.58. The van der Waals surface area contributed by atoms with Crippen molar-refractivity contribution in [1.82, 2.24) is 25.1 Å². The number of carbonyl (C=O) groups excluding carboxylic acids is 1. The summed E-state index contributed by atoms with van der Waals surface area (Å²) in [6, 6.07) is 0. The fraction of sp³-hybridized carbons (Fsp3) is 0.400. The van der Waals surface area contributed by atoms with Crippen molar-refractivity contribution in [2.45, 2.75) is 12.8 Å². The van der Waals surface area contributed by atoms with Gasteiger partial charge in [-0.2, -0.15) is 5.10 Å². The van der Waals surface area contributed by atoms with Crippen molar-refractivity contribution in [3.8, 4) is 0 Å². The molecular weight excluding hydrogens is 252 g/mol. The van der Waals surface area contributed by atoms with E-state index < -0.39 is 0 Å². The van der Waals surface area contributed by atoms with Gasteiger partial charge in [0.1, 0.15) is 6.33 Å². The molecular formula is C10H14N6OS. The zero-order valence-electron chi connectivity index (χ0n) is 9.96. The zero-order valence-corrected chi connectivity index (χ0v) is 10.8. The summed E-state index contributed by atoms with van der Waals surface area (Å²) >= 11 is 1.33. The number of nitrogens with zero attached hydrogens (tertiary/aromatic N) is 4. The molecule has 0 bridgehead atoms. The first-order valence-corrected chi connectivity index (χ1v) is 6.32. The standard InChI is InChI=1S/C10H14N6OS/c1-16-6-13-8(15-16)2-3-12-9(17)4-7-5-18-10(11)14-7/h5-6H,2-4H2,1H3,(H2,11,14)(H,12,17). The lowest BCUT2D eigenvalue weighted by molar-refractivity contribution is -0.120. The maximum atomic E-state index is 11.6. The number of aromatic nitrogens is 4. The van der Waals surface area contributed by atoms with Crippen molar-refractivity contribution in [3.05, 3.63) is 23.2 Å². The minimum absolute atomic E-state index is 0.0729. The van der Waals surface area contributed by atoms with Crippen molar-refractivity contribution in [3.63, 3.8) is 0 Å². The first-order chi connectivity index (χ1) is 8.63. The maximum Gasteiger partial charge on any atom is 0.226 e. The highest BCUT2D eigenvalue weighted by molar-refractivity contribution is 7.13. The highest BCUT2D eigenvalue weighted by Crippen LogP contribution is 2.11. The summed E-state index contributed by atoms with van der Waals surface area (Å²) in [5.41, 5.74) is 6.19. The van der Waals surface area contributed by atoms with Gasteiger partial charge in [-0.25, -0.2) is 9.97 Å². The predicted molar refractivity (Wildman–Crippen MR) is 67.9 cm³/mol. The van der Waals surface area contributed by atoms with Gasteiger partial charge in [0.25, 0.3) is 0 Å². The molecule has 2 aromatic heterocycles. The van der Waals surface area contributed by atoms with Gasteiger partial charge in [0.05, 0.1) is 12.1 Å². The quantitative estimate of drug-likeness (QED) is 0.778. The highest BCUT2D eigenvalue weighted by Gasteiger charge is 2.06. The van der Waals surface area contributed by atoms with E-state index in [4.69, 9.17) is 5.73 Å². The molecule has 7 nitrogen and oxygen atoms in total. The lowest BCUT2D eigenvalue weighted by atomic mass is 10.3. The number of nitrogens with one attached hydrogen (secondary N) is 1. The van der Waals surface area contributed by atoms with E-state index in [-0.39, 0.29) is 12.3 Å². The Morgan fingerprint density at radius 1 is 1.61 bits per heavy atom. The van der Waals surface area contributed by atoms with Crippen molar-refractivity contribution in [2.24, 2.45) is 7.05 Å². The van der Waals surface area contributed by atoms with Crippen LogP contribution in [0.3, 0.4) is 0 Å². The van der Waals surface area contributed by atoms with Crippen molar-refractivity contribution in [1.29, 1.82) is 0 Å². The molecule has 0 aromatic carbocycles. The van der Waals surface area contributed by atoms with Gasteiger partial charge in [-0.3, -0.25) is 9.48 Å². The Balaban J connectivity index is 1.72. The van der Waals surface area contributed by atoms with Gasteiger partial charge in [-0.1, -0.05) is 0 Å². The largest absolute Gasteiger partial charge is 0.375 e. The Morgan fingerprint density at radius 3 is 3.06 bits per heavy atom. The molecule has 0 radical (unpaired) electrons. The third-order valence-corrected chi connectivity index (χ3v) is 2.95. The SMILES string of the molecule is Cn1cnc(CCNC(=O)Cc2csc(N)n2)n1. The summed E-state index contributed by atoms with van der Waals surface area (Å²) in [7, 11) is 1.81. The van der Waals surface area contributed by atoms with E-state index in [2.05, 4.69) is 20.4 Å². The Hall–Kier alpha value is -1.96. The van der Waals surface area contributed by atoms with Gasteiger partial charge in [0.15, 0.2) is 11.0 Å². The van der Waals surface area contributed by atoms with Crippen molar-refractivity contribution in [2.75, 3.05) is 12.3 Å². The third-order valence-electron chi connectivity index (χ3n) is 2.23. The van der Waals surface area contributed by atoms with Crippen LogP contribution in [0.4, 0.5) is 5.13 Å². The van der Waals surface area contributed by atoms with E-state index >= 15 is 0 Å². The number of thiazole rings is 1. The molecule has 0 saturated heterocycles. The molecule has 0 fully saturated rings. The topological polar surface area (TPSA) is 98.7 Å². The number of aryl methyl sites for hydroxylation is 1. The monoisotopic (exact) mass is 266 g/mol. The molecule has 2 heterocycles. The number of rotatable bonds is 5. The fourth-order valence-corrected chi connectivity index (χ4v) is 2.01. The Kier molecular flexibility index (Phi) is 3.88. The highest BCUT2D eigenvalue weighted by atomic mass is 32.1. The van der Waals surface area contributed by atoms with Gasteiger partial charge in [0, 0.05) is 25.4 Å². The van der Waals surface area contributed by atoms with Crippen LogP contribution in [0.15, 0.2) is 11.7 Å². The van der Waals surface area contributed by atoms with Gasteiger partial charge in [-0.15, -0.1) is 11.3 Å². The average Bonchev–Trinajstić information content (AvgIpc) is 2.88. The number of amides is 1. The van der Waals surface area contributed by atoms with Crippen LogP contribution in [0.1, 0.15) is 11.5 Å². The zero-order chi connectivity index (χ0) is 13.0. The Bertz CT molecular complexity index is 534. The van der Waals surface area contributed by atoms with Gasteiger partial charge >= 0.3 is 0 Å². The molecule has 0 aliphatic heterocycles. The van der Waals surface area contributed by atoms with E-state index in [0.717, 1.165) is 5.82 Å². The first kappa shape index (κ1) is 12.5. The molecule has 18 heavy (non-hydrogen) atoms. The summed E-state index contributed by atoms with van der Waals surface area (Å²) in [5.74, 6) is 0.645. The number of nitrogen functional groups attached to an aromatic ring is 1. The predicted octanol–water partition coefficient (Wildman–Crippen LogP) is -0.245. The van der Waals surface area contributed by atoms with E-state index in [9.17, 15) is 4.79 Å². The minimum atomic E-state index is -0.0729. The number of anilines is 1. The summed E-state index contributed by atoms with van der Waals surface area (Å²) in [5, 5.41) is 9.18. The van der Waals surface area contributed by atoms with E-state index in [1.165, 1.54) is 11.3 Å². The lowest BCUT2D eigenvalue weighted by Crippen LogP contribution is -2.27. The fourth-order valence-electron chi connectivity index (χ4n) is 1.44. The molecule has 0 aliphatic carbocycles. The average molecular weight is 266 g/mol. The number of hydrogen-bond acceptors (Lipinski definition) is 6. The van der Waals surface area contributed by atoms with Gasteiger partial charge in [0.2, 0.25) is 5.91 Å². The molecule has 2 aromatic rings. The van der Waals surface area contributed by atoms with Crippen LogP contribution in [0, 0.1) is 0 Å². The van der Waals surface area contributed by atoms with Gasteiger partial charge < -0.3 is 11.1 Å². The smallest absolute Gasteiger partial charge is 0.226 e. The lowest BCUT2D eigenvalue weighted by Gasteiger charge is -2.01. The third kappa shape index (κ3) is 3.52. The van der Waals surface area contributed by atoms with Crippen LogP contribution < -0.4 is 11.1 Å². The normalized spacial score (nSPS) is 10.5. The second-order valence-electron chi connectivity index (χ2n) is 3.79. The van der Waals surface area contributed by atoms with Gasteiger partial charge in [-0.05, 0) is 0 Å². The maximum absolute atomic E-state index is 11.6. The van der Waals surface area contributed by atoms with Crippen LogP contribution in [0.25, 0.3) is 0 Å². The molecule has 0 spiro atoms. The van der Waals surface area contributed by atoms with Crippen molar-refractivity contribution < 1.29 is 4.79 Å². The van der Waals surface area contributed by atoms with Crippen LogP contribution in [0.2, 0.25) is 0 Å². The number of nitrogens with two attached hydrogens (primary N) is 1. The second-order valence-corrected chi connectivity index (χ2v) is 4.68. The van der Waals surface area contributed by atoms with Crippen molar-refractivity contribution >= 4 is 22.4 Å². The molecule has 2 rings (SSSR count). The van der Waals surface area contributed by atoms with Crippen LogP contribution >= 0.6 is 11.3 Å². The number of hydrogen-bond donors (Lipinski definition) is 2. The molecule has 3 N–H and O–H groups in total. The van der Waals surface area contributed by atoms with E-state index in [1.807, 2.05) is 7.05 Å². The summed E-state index contributed by atoms with van der Waals surface area (Å²) in [6.07, 6.45) is 2.50. The molecule has 0 saturated carbocycles. The summed E-state index contributed by atoms with van der Waals surface area (Å²) < 4.78 is 1.63. The van der Waals surface area contributed by atoms with Crippen LogP contribution in [-0.4, -0.2) is 32.2 Å². The Morgan fingerprint density at radius 2 is 2.44 bits per heavy atom.